The van der Waals surface area contributed by atoms with E-state index in [9.17, 15) is 13.2 Å². The zero-order chi connectivity index (χ0) is 23.4. The van der Waals surface area contributed by atoms with E-state index in [4.69, 9.17) is 10.5 Å². The molecule has 0 amide bonds. The lowest BCUT2D eigenvalue weighted by Gasteiger charge is -2.31. The highest BCUT2D eigenvalue weighted by molar-refractivity contribution is 7.89. The molecule has 7 nitrogen and oxygen atoms in total. The smallest absolute Gasteiger partial charge is 0.325 e. The monoisotopic (exact) mass is 475 g/mol. The van der Waals surface area contributed by atoms with Crippen LogP contribution in [-0.4, -0.2) is 56.3 Å². The predicted molar refractivity (Wildman–Crippen MR) is 129 cm³/mol. The molecular formula is C22H41N3O4S2. The van der Waals surface area contributed by atoms with Gasteiger partial charge in [-0.25, -0.2) is 12.7 Å². The van der Waals surface area contributed by atoms with Crippen molar-refractivity contribution in [2.24, 2.45) is 11.7 Å². The average molecular weight is 476 g/mol. The number of nitrogens with one attached hydrogen (secondary N) is 1. The molecule has 0 spiro atoms. The third kappa shape index (κ3) is 9.18. The number of hydrogen-bond donors (Lipinski definition) is 2. The molecule has 31 heavy (non-hydrogen) atoms. The van der Waals surface area contributed by atoms with Crippen molar-refractivity contribution < 1.29 is 17.9 Å². The van der Waals surface area contributed by atoms with Crippen LogP contribution in [0.4, 0.5) is 0 Å². The molecule has 0 aliphatic carbocycles. The number of thiophene rings is 1. The van der Waals surface area contributed by atoms with Crippen LogP contribution in [0.5, 0.6) is 0 Å². The first-order valence-electron chi connectivity index (χ1n) is 11.3. The minimum absolute atomic E-state index is 0.0279. The van der Waals surface area contributed by atoms with Crippen molar-refractivity contribution in [3.05, 3.63) is 22.4 Å². The van der Waals surface area contributed by atoms with Crippen molar-refractivity contribution in [1.29, 1.82) is 0 Å². The molecular weight excluding hydrogens is 434 g/mol. The summed E-state index contributed by atoms with van der Waals surface area (Å²) in [6, 6.07) is 2.69. The van der Waals surface area contributed by atoms with E-state index in [0.717, 1.165) is 17.8 Å². The first-order valence-corrected chi connectivity index (χ1v) is 13.7. The Labute approximate surface area is 192 Å². The second kappa shape index (κ2) is 14.2. The molecule has 1 aromatic rings. The van der Waals surface area contributed by atoms with Crippen LogP contribution in [0.1, 0.15) is 71.1 Å². The Bertz CT molecular complexity index is 717. The molecule has 1 aromatic heterocycles. The van der Waals surface area contributed by atoms with Crippen LogP contribution in [0.3, 0.4) is 0 Å². The molecule has 2 unspecified atom stereocenters. The largest absolute Gasteiger partial charge is 0.449 e. The summed E-state index contributed by atoms with van der Waals surface area (Å²) in [6.07, 6.45) is 2.63. The Morgan fingerprint density at radius 2 is 1.87 bits per heavy atom. The van der Waals surface area contributed by atoms with Crippen molar-refractivity contribution in [3.63, 3.8) is 0 Å². The van der Waals surface area contributed by atoms with Gasteiger partial charge in [0.25, 0.3) is 0 Å². The van der Waals surface area contributed by atoms with E-state index in [0.29, 0.717) is 31.8 Å². The lowest BCUT2D eigenvalue weighted by atomic mass is 10.00. The number of hydrogen-bond acceptors (Lipinski definition) is 7. The number of carbonyl (C=O) groups excluding carboxylic acids is 1. The standard InChI is InChI=1S/C22H41N3O4S2/c1-6-12-25(13-7-2)31(27,28)20(15-18(5)19-9-8-14-30-19)21(23)22(26)29-16-24-11-10-17(3)4/h8-9,14,17-18,20-21,24H,6-7,10-13,15-16,23H2,1-5H3/t18?,20?,21-/m1/s1. The Hall–Kier alpha value is -1.00. The fourth-order valence-electron chi connectivity index (χ4n) is 3.38. The molecule has 0 aromatic carbocycles. The van der Waals surface area contributed by atoms with Gasteiger partial charge in [0, 0.05) is 18.0 Å². The van der Waals surface area contributed by atoms with Gasteiger partial charge in [0.2, 0.25) is 10.0 Å². The number of carbonyl (C=O) groups is 1. The van der Waals surface area contributed by atoms with E-state index in [1.54, 1.807) is 11.3 Å². The first kappa shape index (κ1) is 28.0. The van der Waals surface area contributed by atoms with E-state index >= 15 is 0 Å². The third-order valence-electron chi connectivity index (χ3n) is 5.19. The van der Waals surface area contributed by atoms with E-state index < -0.39 is 27.3 Å². The fourth-order valence-corrected chi connectivity index (χ4v) is 6.45. The molecule has 0 aliphatic rings. The molecule has 0 saturated heterocycles. The van der Waals surface area contributed by atoms with Gasteiger partial charge in [0.1, 0.15) is 18.0 Å². The maximum absolute atomic E-state index is 13.5. The topological polar surface area (TPSA) is 102 Å². The van der Waals surface area contributed by atoms with Gasteiger partial charge in [-0.1, -0.05) is 40.7 Å². The Morgan fingerprint density at radius 3 is 2.39 bits per heavy atom. The van der Waals surface area contributed by atoms with E-state index in [1.165, 1.54) is 4.31 Å². The number of ether oxygens (including phenoxy) is 1. The molecule has 0 fully saturated rings. The van der Waals surface area contributed by atoms with Crippen LogP contribution in [0.15, 0.2) is 17.5 Å². The highest BCUT2D eigenvalue weighted by Crippen LogP contribution is 2.29. The van der Waals surface area contributed by atoms with Crippen LogP contribution in [0, 0.1) is 5.92 Å². The first-order chi connectivity index (χ1) is 14.6. The summed E-state index contributed by atoms with van der Waals surface area (Å²) in [5.74, 6) is -0.174. The summed E-state index contributed by atoms with van der Waals surface area (Å²) in [7, 11) is -3.77. The summed E-state index contributed by atoms with van der Waals surface area (Å²) >= 11 is 1.58. The lowest BCUT2D eigenvalue weighted by molar-refractivity contribution is -0.146. The number of nitrogens with two attached hydrogens (primary N) is 1. The van der Waals surface area contributed by atoms with Gasteiger partial charge in [0.15, 0.2) is 0 Å². The van der Waals surface area contributed by atoms with Gasteiger partial charge < -0.3 is 10.5 Å². The zero-order valence-corrected chi connectivity index (χ0v) is 21.3. The quantitative estimate of drug-likeness (QED) is 0.215. The minimum Gasteiger partial charge on any atom is -0.449 e. The van der Waals surface area contributed by atoms with Gasteiger partial charge >= 0.3 is 5.97 Å². The van der Waals surface area contributed by atoms with Gasteiger partial charge in [-0.3, -0.25) is 10.1 Å². The van der Waals surface area contributed by atoms with E-state index in [1.807, 2.05) is 38.3 Å². The van der Waals surface area contributed by atoms with Crippen LogP contribution >= 0.6 is 11.3 Å². The number of sulfonamides is 1. The highest BCUT2D eigenvalue weighted by Gasteiger charge is 2.40. The molecule has 0 bridgehead atoms. The summed E-state index contributed by atoms with van der Waals surface area (Å²) < 4.78 is 33.8. The zero-order valence-electron chi connectivity index (χ0n) is 19.7. The lowest BCUT2D eigenvalue weighted by Crippen LogP contribution is -2.53. The van der Waals surface area contributed by atoms with Crippen LogP contribution in [0.2, 0.25) is 0 Å². The van der Waals surface area contributed by atoms with Crippen LogP contribution in [-0.2, 0) is 19.6 Å². The Balaban J connectivity index is 2.98. The molecule has 0 aliphatic heterocycles. The normalized spacial score (nSPS) is 15.2. The predicted octanol–water partition coefficient (Wildman–Crippen LogP) is 3.53. The van der Waals surface area contributed by atoms with Crippen LogP contribution < -0.4 is 11.1 Å². The minimum atomic E-state index is -3.77. The molecule has 0 radical (unpaired) electrons. The molecule has 0 saturated carbocycles. The summed E-state index contributed by atoms with van der Waals surface area (Å²) in [4.78, 5) is 13.7. The van der Waals surface area contributed by atoms with Gasteiger partial charge in [-0.05, 0) is 55.5 Å². The average Bonchev–Trinajstić information content (AvgIpc) is 3.25. The second-order valence-electron chi connectivity index (χ2n) is 8.45. The number of nitrogens with zero attached hydrogens (tertiary/aromatic N) is 1. The molecule has 180 valence electrons. The molecule has 3 atom stereocenters. The van der Waals surface area contributed by atoms with E-state index in [-0.39, 0.29) is 19.1 Å². The summed E-state index contributed by atoms with van der Waals surface area (Å²) in [5, 5.41) is 3.98. The van der Waals surface area contributed by atoms with Gasteiger partial charge in [-0.2, -0.15) is 0 Å². The maximum Gasteiger partial charge on any atom is 0.325 e. The van der Waals surface area contributed by atoms with E-state index in [2.05, 4.69) is 19.2 Å². The van der Waals surface area contributed by atoms with Crippen molar-refractivity contribution >= 4 is 27.3 Å². The van der Waals surface area contributed by atoms with Crippen molar-refractivity contribution in [2.45, 2.75) is 77.5 Å². The molecule has 1 heterocycles. The van der Waals surface area contributed by atoms with Crippen molar-refractivity contribution in [1.82, 2.24) is 9.62 Å². The van der Waals surface area contributed by atoms with Gasteiger partial charge in [-0.15, -0.1) is 11.3 Å². The SMILES string of the molecule is CCCN(CCC)S(=O)(=O)C(CC(C)c1cccs1)[C@@H](N)C(=O)OCNCCC(C)C. The Morgan fingerprint density at radius 1 is 1.23 bits per heavy atom. The maximum atomic E-state index is 13.5. The van der Waals surface area contributed by atoms with Crippen molar-refractivity contribution in [3.8, 4) is 0 Å². The van der Waals surface area contributed by atoms with Crippen molar-refractivity contribution in [2.75, 3.05) is 26.4 Å². The highest BCUT2D eigenvalue weighted by atomic mass is 32.2. The molecule has 1 rings (SSSR count). The van der Waals surface area contributed by atoms with Gasteiger partial charge in [0.05, 0.1) is 0 Å². The fraction of sp³-hybridized carbons (Fsp3) is 0.773. The number of esters is 1. The summed E-state index contributed by atoms with van der Waals surface area (Å²) in [5.41, 5.74) is 6.24. The Kier molecular flexibility index (Phi) is 12.9. The molecule has 3 N–H and O–H groups in total. The second-order valence-corrected chi connectivity index (χ2v) is 11.6. The summed E-state index contributed by atoms with van der Waals surface area (Å²) in [6.45, 7) is 11.7. The van der Waals surface area contributed by atoms with Crippen LogP contribution in [0.25, 0.3) is 0 Å². The third-order valence-corrected chi connectivity index (χ3v) is 8.63. The molecule has 9 heteroatoms. The number of rotatable bonds is 16.